The molecule has 0 spiro atoms. The van der Waals surface area contributed by atoms with Crippen molar-refractivity contribution < 1.29 is 4.79 Å². The molecule has 1 aliphatic rings. The Balaban J connectivity index is 1.29. The van der Waals surface area contributed by atoms with Gasteiger partial charge in [-0.1, -0.05) is 42.5 Å². The Morgan fingerprint density at radius 3 is 2.45 bits per heavy atom. The third-order valence-electron chi connectivity index (χ3n) is 7.17. The lowest BCUT2D eigenvalue weighted by Gasteiger charge is -2.37. The lowest BCUT2D eigenvalue weighted by Crippen LogP contribution is -2.46. The van der Waals surface area contributed by atoms with Gasteiger partial charge >= 0.3 is 0 Å². The fraction of sp³-hybridized carbons (Fsp3) is 0.393. The second-order valence-electron chi connectivity index (χ2n) is 9.47. The van der Waals surface area contributed by atoms with Crippen LogP contribution in [0.5, 0.6) is 0 Å². The number of carbonyl (C=O) groups excluding carboxylic acids is 1. The number of nitrogen functional groups attached to an aromatic ring is 1. The number of nitrogens with one attached hydrogen (secondary N) is 1. The van der Waals surface area contributed by atoms with Gasteiger partial charge in [0.2, 0.25) is 5.91 Å². The number of hydrogen-bond acceptors (Lipinski definition) is 4. The lowest BCUT2D eigenvalue weighted by molar-refractivity contribution is -0.130. The molecule has 174 valence electrons. The molecule has 33 heavy (non-hydrogen) atoms. The topological polar surface area (TPSA) is 61.6 Å². The Morgan fingerprint density at radius 1 is 1.03 bits per heavy atom. The number of carbonyl (C=O) groups is 1. The molecule has 5 heteroatoms. The second-order valence-corrected chi connectivity index (χ2v) is 9.47. The van der Waals surface area contributed by atoms with Crippen molar-refractivity contribution >= 4 is 28.1 Å². The maximum atomic E-state index is 12.9. The van der Waals surface area contributed by atoms with Crippen molar-refractivity contribution in [3.63, 3.8) is 0 Å². The minimum absolute atomic E-state index is 0.126. The number of hydrogen-bond donors (Lipinski definition) is 2. The highest BCUT2D eigenvalue weighted by Crippen LogP contribution is 2.28. The molecule has 1 fully saturated rings. The average molecular weight is 445 g/mol. The maximum Gasteiger partial charge on any atom is 0.241 e. The van der Waals surface area contributed by atoms with Crippen molar-refractivity contribution in [1.29, 1.82) is 0 Å². The number of amides is 1. The highest BCUT2D eigenvalue weighted by atomic mass is 16.2. The van der Waals surface area contributed by atoms with Crippen LogP contribution in [0.3, 0.4) is 0 Å². The van der Waals surface area contributed by atoms with Gasteiger partial charge in [-0.3, -0.25) is 9.69 Å². The minimum Gasteiger partial charge on any atom is -0.398 e. The summed E-state index contributed by atoms with van der Waals surface area (Å²) in [5, 5.41) is 5.92. The predicted octanol–water partition coefficient (Wildman–Crippen LogP) is 4.88. The van der Waals surface area contributed by atoms with E-state index in [0.29, 0.717) is 0 Å². The summed E-state index contributed by atoms with van der Waals surface area (Å²) in [4.78, 5) is 17.3. The molecule has 3 N–H and O–H groups in total. The van der Waals surface area contributed by atoms with E-state index >= 15 is 0 Å². The molecule has 0 saturated carbocycles. The number of piperidine rings is 1. The summed E-state index contributed by atoms with van der Waals surface area (Å²) >= 11 is 0. The van der Waals surface area contributed by atoms with Gasteiger partial charge < -0.3 is 16.0 Å². The van der Waals surface area contributed by atoms with Crippen LogP contribution < -0.4 is 11.1 Å². The van der Waals surface area contributed by atoms with E-state index in [2.05, 4.69) is 65.7 Å². The normalized spacial score (nSPS) is 15.0. The molecular formula is C28H36N4O. The van der Waals surface area contributed by atoms with Gasteiger partial charge in [0, 0.05) is 44.1 Å². The molecule has 3 aromatic rings. The second kappa shape index (κ2) is 9.84. The molecule has 0 aromatic heterocycles. The maximum absolute atomic E-state index is 12.9. The van der Waals surface area contributed by atoms with Crippen LogP contribution in [0.15, 0.2) is 48.5 Å². The zero-order chi connectivity index (χ0) is 23.5. The molecule has 4 rings (SSSR count). The van der Waals surface area contributed by atoms with Crippen molar-refractivity contribution in [1.82, 2.24) is 9.80 Å². The van der Waals surface area contributed by atoms with Crippen LogP contribution in [0.2, 0.25) is 0 Å². The molecule has 1 amide bonds. The predicted molar refractivity (Wildman–Crippen MR) is 139 cm³/mol. The molecule has 0 unspecified atom stereocenters. The summed E-state index contributed by atoms with van der Waals surface area (Å²) in [6.07, 6.45) is 2.01. The van der Waals surface area contributed by atoms with E-state index in [-0.39, 0.29) is 18.5 Å². The van der Waals surface area contributed by atoms with E-state index in [0.717, 1.165) is 60.5 Å². The van der Waals surface area contributed by atoms with E-state index < -0.39 is 0 Å². The van der Waals surface area contributed by atoms with Crippen LogP contribution in [-0.2, 0) is 11.3 Å². The van der Waals surface area contributed by atoms with Gasteiger partial charge in [0.1, 0.15) is 0 Å². The summed E-state index contributed by atoms with van der Waals surface area (Å²) in [6.45, 7) is 9.36. The Labute approximate surface area is 197 Å². The van der Waals surface area contributed by atoms with Gasteiger partial charge in [0.05, 0.1) is 6.54 Å². The first-order valence-corrected chi connectivity index (χ1v) is 11.9. The Bertz CT molecular complexity index is 1150. The highest BCUT2D eigenvalue weighted by Gasteiger charge is 2.25. The zero-order valence-electron chi connectivity index (χ0n) is 20.3. The molecule has 3 aromatic carbocycles. The average Bonchev–Trinajstić information content (AvgIpc) is 2.82. The van der Waals surface area contributed by atoms with Crippen LogP contribution in [0, 0.1) is 20.8 Å². The fourth-order valence-corrected chi connectivity index (χ4v) is 5.03. The molecule has 1 aliphatic heterocycles. The third kappa shape index (κ3) is 5.14. The summed E-state index contributed by atoms with van der Waals surface area (Å²) in [5.41, 5.74) is 12.5. The number of fused-ring (bicyclic) bond motifs is 1. The van der Waals surface area contributed by atoms with Crippen LogP contribution in [0.1, 0.15) is 35.1 Å². The number of rotatable bonds is 6. The summed E-state index contributed by atoms with van der Waals surface area (Å²) in [5.74, 6) is 0.126. The van der Waals surface area contributed by atoms with Gasteiger partial charge in [0.15, 0.2) is 0 Å². The van der Waals surface area contributed by atoms with Crippen molar-refractivity contribution in [2.24, 2.45) is 0 Å². The van der Waals surface area contributed by atoms with E-state index in [1.807, 2.05) is 25.8 Å². The lowest BCUT2D eigenvalue weighted by atomic mass is 10.0. The van der Waals surface area contributed by atoms with E-state index in [4.69, 9.17) is 5.73 Å². The Morgan fingerprint density at radius 2 is 1.73 bits per heavy atom. The van der Waals surface area contributed by atoms with Crippen LogP contribution in [-0.4, -0.2) is 48.4 Å². The number of aryl methyl sites for hydroxylation is 2. The SMILES string of the molecule is Cc1cc(C)c(NCC(=O)N(C)C2CCN(Cc3ccc4ccccc4c3)CC2)c(C)c1N. The largest absolute Gasteiger partial charge is 0.398 e. The van der Waals surface area contributed by atoms with Crippen molar-refractivity contribution in [3.8, 4) is 0 Å². The summed E-state index contributed by atoms with van der Waals surface area (Å²) < 4.78 is 0. The summed E-state index contributed by atoms with van der Waals surface area (Å²) in [6, 6.07) is 17.6. The highest BCUT2D eigenvalue weighted by molar-refractivity contribution is 5.83. The first kappa shape index (κ1) is 23.1. The monoisotopic (exact) mass is 444 g/mol. The number of likely N-dealkylation sites (N-methyl/N-ethyl adjacent to an activating group) is 1. The number of benzene rings is 3. The van der Waals surface area contributed by atoms with E-state index in [9.17, 15) is 4.79 Å². The molecule has 0 bridgehead atoms. The third-order valence-corrected chi connectivity index (χ3v) is 7.17. The molecule has 0 aliphatic carbocycles. The number of likely N-dealkylation sites (tertiary alicyclic amines) is 1. The first-order chi connectivity index (χ1) is 15.8. The molecule has 5 nitrogen and oxygen atoms in total. The van der Waals surface area contributed by atoms with E-state index in [1.165, 1.54) is 16.3 Å². The van der Waals surface area contributed by atoms with Crippen LogP contribution in [0.25, 0.3) is 10.8 Å². The molecule has 1 saturated heterocycles. The first-order valence-electron chi connectivity index (χ1n) is 11.9. The molecule has 0 radical (unpaired) electrons. The van der Waals surface area contributed by atoms with Gasteiger partial charge in [-0.2, -0.15) is 0 Å². The number of anilines is 2. The van der Waals surface area contributed by atoms with Crippen molar-refractivity contribution in [2.45, 2.75) is 46.2 Å². The van der Waals surface area contributed by atoms with Crippen LogP contribution >= 0.6 is 0 Å². The minimum atomic E-state index is 0.126. The number of nitrogens with zero attached hydrogens (tertiary/aromatic N) is 2. The quantitative estimate of drug-likeness (QED) is 0.532. The zero-order valence-corrected chi connectivity index (χ0v) is 20.3. The summed E-state index contributed by atoms with van der Waals surface area (Å²) in [7, 11) is 1.94. The Kier molecular flexibility index (Phi) is 6.89. The van der Waals surface area contributed by atoms with Crippen molar-refractivity contribution in [2.75, 3.05) is 37.7 Å². The standard InChI is InChI=1S/C28H36N4O/c1-19-15-20(2)28(21(3)27(19)29)30-17-26(33)31(4)25-11-13-32(14-12-25)18-22-9-10-23-7-5-6-8-24(23)16-22/h5-10,15-16,25,30H,11-14,17-18,29H2,1-4H3. The van der Waals surface area contributed by atoms with E-state index in [1.54, 1.807) is 0 Å². The van der Waals surface area contributed by atoms with Gasteiger partial charge in [-0.15, -0.1) is 0 Å². The van der Waals surface area contributed by atoms with Gasteiger partial charge in [-0.25, -0.2) is 0 Å². The molecule has 0 atom stereocenters. The fourth-order valence-electron chi connectivity index (χ4n) is 5.03. The molecule has 1 heterocycles. The van der Waals surface area contributed by atoms with Gasteiger partial charge in [-0.05, 0) is 72.7 Å². The molecular weight excluding hydrogens is 408 g/mol. The van der Waals surface area contributed by atoms with Crippen LogP contribution in [0.4, 0.5) is 11.4 Å². The van der Waals surface area contributed by atoms with Crippen molar-refractivity contribution in [3.05, 3.63) is 70.8 Å². The Hall–Kier alpha value is -3.05. The smallest absolute Gasteiger partial charge is 0.241 e. The van der Waals surface area contributed by atoms with Gasteiger partial charge in [0.25, 0.3) is 0 Å². The number of nitrogens with two attached hydrogens (primary N) is 1.